The minimum absolute atomic E-state index is 0.00502. The standard InChI is InChI=1S/C16H20FN3O.C10H9N5O/c1-11-13(3-4-15(17)14(11)7-18)16-9-20-6-5-19(2)8-12(20)10-21-16;16-5-7-1-3-9-8(7)2-4-10(12-9)15-6-11-13-14-15/h3-4,12,16H,5-6,8-10H2,1-2H3;2,4-7H,1,3H2. The zero-order chi connectivity index (χ0) is 25.9. The summed E-state index contributed by atoms with van der Waals surface area (Å²) < 4.78 is 21.1. The highest BCUT2D eigenvalue weighted by molar-refractivity contribution is 5.64. The van der Waals surface area contributed by atoms with E-state index >= 15 is 0 Å². The lowest BCUT2D eigenvalue weighted by Crippen LogP contribution is -2.57. The molecule has 2 aliphatic heterocycles. The minimum atomic E-state index is -0.452. The molecule has 1 aliphatic carbocycles. The highest BCUT2D eigenvalue weighted by atomic mass is 19.1. The van der Waals surface area contributed by atoms with Crippen LogP contribution in [0.25, 0.3) is 5.82 Å². The number of hydrogen-bond donors (Lipinski definition) is 0. The average Bonchev–Trinajstić information content (AvgIpc) is 3.59. The number of fused-ring (bicyclic) bond motifs is 2. The summed E-state index contributed by atoms with van der Waals surface area (Å²) in [5.74, 6) is 0.243. The van der Waals surface area contributed by atoms with Gasteiger partial charge in [-0.3, -0.25) is 4.90 Å². The summed E-state index contributed by atoms with van der Waals surface area (Å²) in [5, 5.41) is 20.0. The van der Waals surface area contributed by atoms with Gasteiger partial charge >= 0.3 is 0 Å². The number of hydrogen-bond acceptors (Lipinski definition) is 9. The maximum absolute atomic E-state index is 13.6. The molecular formula is C26H29FN8O2. The van der Waals surface area contributed by atoms with E-state index in [4.69, 9.17) is 10.00 Å². The number of tetrazole rings is 1. The van der Waals surface area contributed by atoms with Crippen molar-refractivity contribution in [3.8, 4) is 11.9 Å². The fourth-order valence-corrected chi connectivity index (χ4v) is 5.33. The summed E-state index contributed by atoms with van der Waals surface area (Å²) in [6, 6.07) is 9.29. The zero-order valence-corrected chi connectivity index (χ0v) is 20.9. The first-order valence-electron chi connectivity index (χ1n) is 12.4. The lowest BCUT2D eigenvalue weighted by atomic mass is 9.96. The van der Waals surface area contributed by atoms with E-state index in [-0.39, 0.29) is 17.6 Å². The monoisotopic (exact) mass is 504 g/mol. The van der Waals surface area contributed by atoms with Gasteiger partial charge in [0.25, 0.3) is 0 Å². The summed E-state index contributed by atoms with van der Waals surface area (Å²) in [7, 11) is 2.13. The SMILES string of the molecule is Cc1c(C2CN3CCN(C)CC3CO2)ccc(F)c1C#N.O=CC1CCc2nc(-n3cnnn3)ccc21. The first-order chi connectivity index (χ1) is 18.0. The number of aldehydes is 1. The van der Waals surface area contributed by atoms with Gasteiger partial charge in [-0.2, -0.15) is 9.94 Å². The maximum Gasteiger partial charge on any atom is 0.157 e. The maximum atomic E-state index is 13.6. The van der Waals surface area contributed by atoms with Crippen molar-refractivity contribution in [2.24, 2.45) is 0 Å². The molecule has 0 radical (unpaired) electrons. The van der Waals surface area contributed by atoms with Gasteiger partial charge in [0.2, 0.25) is 0 Å². The summed E-state index contributed by atoms with van der Waals surface area (Å²) in [6.45, 7) is 6.43. The van der Waals surface area contributed by atoms with Gasteiger partial charge in [0.05, 0.1) is 18.3 Å². The van der Waals surface area contributed by atoms with Crippen LogP contribution in [0.3, 0.4) is 0 Å². The Labute approximate surface area is 214 Å². The molecular weight excluding hydrogens is 475 g/mol. The Morgan fingerprint density at radius 2 is 2.03 bits per heavy atom. The van der Waals surface area contributed by atoms with Crippen LogP contribution in [0, 0.1) is 24.1 Å². The van der Waals surface area contributed by atoms with Crippen LogP contribution < -0.4 is 0 Å². The number of benzene rings is 1. The normalized spacial score (nSPS) is 23.4. The van der Waals surface area contributed by atoms with E-state index in [1.54, 1.807) is 13.0 Å². The second kappa shape index (κ2) is 10.8. The molecule has 3 atom stereocenters. The quantitative estimate of drug-likeness (QED) is 0.494. The van der Waals surface area contributed by atoms with Gasteiger partial charge in [-0.05, 0) is 66.1 Å². The molecule has 1 aromatic carbocycles. The van der Waals surface area contributed by atoms with Gasteiger partial charge in [0, 0.05) is 43.8 Å². The predicted molar refractivity (Wildman–Crippen MR) is 131 cm³/mol. The molecule has 3 unspecified atom stereocenters. The highest BCUT2D eigenvalue weighted by Gasteiger charge is 2.34. The van der Waals surface area contributed by atoms with Crippen molar-refractivity contribution in [3.63, 3.8) is 0 Å². The number of halogens is 1. The summed E-state index contributed by atoms with van der Waals surface area (Å²) in [5.41, 5.74) is 3.79. The van der Waals surface area contributed by atoms with E-state index in [0.29, 0.717) is 24.0 Å². The molecule has 3 aliphatic rings. The largest absolute Gasteiger partial charge is 0.370 e. The highest BCUT2D eigenvalue weighted by Crippen LogP contribution is 2.31. The minimum Gasteiger partial charge on any atom is -0.370 e. The fourth-order valence-electron chi connectivity index (χ4n) is 5.33. The van der Waals surface area contributed by atoms with Crippen molar-refractivity contribution in [3.05, 3.63) is 64.4 Å². The third kappa shape index (κ3) is 5.13. The Balaban J connectivity index is 0.000000157. The van der Waals surface area contributed by atoms with Crippen LogP contribution in [0.5, 0.6) is 0 Å². The number of nitriles is 1. The van der Waals surface area contributed by atoms with E-state index in [9.17, 15) is 9.18 Å². The van der Waals surface area contributed by atoms with Crippen molar-refractivity contribution in [1.29, 1.82) is 5.26 Å². The molecule has 11 heteroatoms. The number of aryl methyl sites for hydroxylation is 1. The van der Waals surface area contributed by atoms with Crippen LogP contribution in [0.1, 0.15) is 46.4 Å². The van der Waals surface area contributed by atoms with Gasteiger partial charge in [-0.1, -0.05) is 12.1 Å². The first kappa shape index (κ1) is 25.1. The lowest BCUT2D eigenvalue weighted by molar-refractivity contribution is -0.109. The number of ether oxygens (including phenoxy) is 1. The molecule has 6 rings (SSSR count). The molecule has 2 aromatic heterocycles. The molecule has 192 valence electrons. The number of piperazine rings is 1. The molecule has 0 saturated carbocycles. The van der Waals surface area contributed by atoms with E-state index in [0.717, 1.165) is 62.1 Å². The van der Waals surface area contributed by atoms with Crippen molar-refractivity contribution in [2.75, 3.05) is 39.8 Å². The molecule has 0 bridgehead atoms. The second-order valence-corrected chi connectivity index (χ2v) is 9.72. The molecule has 4 heterocycles. The van der Waals surface area contributed by atoms with Gasteiger partial charge in [-0.25, -0.2) is 9.37 Å². The number of morpholine rings is 1. The summed E-state index contributed by atoms with van der Waals surface area (Å²) in [6.07, 6.45) is 4.11. The van der Waals surface area contributed by atoms with Crippen LogP contribution in [-0.2, 0) is 16.0 Å². The Morgan fingerprint density at radius 3 is 2.78 bits per heavy atom. The Hall–Kier alpha value is -3.59. The fraction of sp³-hybridized carbons (Fsp3) is 0.462. The number of carbonyl (C=O) groups is 1. The molecule has 0 spiro atoms. The van der Waals surface area contributed by atoms with Crippen LogP contribution in [0.2, 0.25) is 0 Å². The second-order valence-electron chi connectivity index (χ2n) is 9.72. The Bertz CT molecular complexity index is 1310. The zero-order valence-electron chi connectivity index (χ0n) is 20.9. The van der Waals surface area contributed by atoms with Crippen molar-refractivity contribution in [1.82, 2.24) is 35.0 Å². The van der Waals surface area contributed by atoms with E-state index in [1.807, 2.05) is 18.2 Å². The summed E-state index contributed by atoms with van der Waals surface area (Å²) in [4.78, 5) is 20.0. The van der Waals surface area contributed by atoms with Gasteiger partial charge in [0.1, 0.15) is 24.5 Å². The van der Waals surface area contributed by atoms with Crippen molar-refractivity contribution in [2.45, 2.75) is 37.8 Å². The number of carbonyl (C=O) groups excluding carboxylic acids is 1. The Morgan fingerprint density at radius 1 is 1.19 bits per heavy atom. The average molecular weight is 505 g/mol. The number of likely N-dealkylation sites (N-methyl/N-ethyl adjacent to an activating group) is 1. The first-order valence-corrected chi connectivity index (χ1v) is 12.4. The molecule has 2 saturated heterocycles. The molecule has 0 N–H and O–H groups in total. The van der Waals surface area contributed by atoms with E-state index in [1.165, 1.54) is 17.1 Å². The summed E-state index contributed by atoms with van der Waals surface area (Å²) >= 11 is 0. The smallest absolute Gasteiger partial charge is 0.157 e. The molecule has 10 nitrogen and oxygen atoms in total. The number of pyridine rings is 1. The topological polar surface area (TPSA) is 113 Å². The molecule has 0 amide bonds. The van der Waals surface area contributed by atoms with Gasteiger partial charge < -0.3 is 14.4 Å². The van der Waals surface area contributed by atoms with Crippen molar-refractivity contribution < 1.29 is 13.9 Å². The molecule has 37 heavy (non-hydrogen) atoms. The van der Waals surface area contributed by atoms with E-state index < -0.39 is 5.82 Å². The van der Waals surface area contributed by atoms with Crippen LogP contribution in [-0.4, -0.2) is 87.2 Å². The molecule has 3 aromatic rings. The Kier molecular flexibility index (Phi) is 7.32. The number of rotatable bonds is 3. The predicted octanol–water partition coefficient (Wildman–Crippen LogP) is 1.98. The third-order valence-electron chi connectivity index (χ3n) is 7.45. The van der Waals surface area contributed by atoms with Crippen LogP contribution >= 0.6 is 0 Å². The van der Waals surface area contributed by atoms with Gasteiger partial charge in [-0.15, -0.1) is 5.10 Å². The van der Waals surface area contributed by atoms with E-state index in [2.05, 4.69) is 37.4 Å². The molecule has 2 fully saturated rings. The van der Waals surface area contributed by atoms with Crippen LogP contribution in [0.4, 0.5) is 4.39 Å². The van der Waals surface area contributed by atoms with Crippen LogP contribution in [0.15, 0.2) is 30.6 Å². The number of aromatic nitrogens is 5. The van der Waals surface area contributed by atoms with Crippen molar-refractivity contribution >= 4 is 6.29 Å². The van der Waals surface area contributed by atoms with Gasteiger partial charge in [0.15, 0.2) is 5.82 Å². The third-order valence-corrected chi connectivity index (χ3v) is 7.45. The number of nitrogens with zero attached hydrogens (tertiary/aromatic N) is 8. The lowest BCUT2D eigenvalue weighted by Gasteiger charge is -2.45.